The average Bonchev–Trinajstić information content (AvgIpc) is 2.93. The second-order valence-corrected chi connectivity index (χ2v) is 5.73. The SMILES string of the molecule is O=C(Nc1ccc([N+](=O)[O-])cc1)N[C@]1(C(F)(F)F)Oc2ccc(Cl)cc2O1. The topological polar surface area (TPSA) is 103 Å². The minimum atomic E-state index is -5.13. The molecule has 12 heteroatoms. The number of nitrogens with zero attached hydrogens (tertiary/aromatic N) is 1. The zero-order chi connectivity index (χ0) is 19.8. The van der Waals surface area contributed by atoms with Crippen molar-refractivity contribution in [3.8, 4) is 11.5 Å². The van der Waals surface area contributed by atoms with Crippen molar-refractivity contribution in [1.29, 1.82) is 0 Å². The fourth-order valence-electron chi connectivity index (χ4n) is 2.19. The Morgan fingerprint density at radius 2 is 1.74 bits per heavy atom. The minimum absolute atomic E-state index is 0.0222. The van der Waals surface area contributed by atoms with Gasteiger partial charge in [-0.1, -0.05) is 11.6 Å². The number of anilines is 1. The summed E-state index contributed by atoms with van der Waals surface area (Å²) in [5, 5.41) is 14.4. The second kappa shape index (κ2) is 6.50. The number of carbonyl (C=O) groups excluding carboxylic acids is 1. The van der Waals surface area contributed by atoms with Gasteiger partial charge in [0, 0.05) is 28.9 Å². The third kappa shape index (κ3) is 3.67. The van der Waals surface area contributed by atoms with Gasteiger partial charge in [0.1, 0.15) is 0 Å². The third-order valence-corrected chi connectivity index (χ3v) is 3.64. The van der Waals surface area contributed by atoms with Gasteiger partial charge in [-0.25, -0.2) is 4.79 Å². The molecule has 0 bridgehead atoms. The molecule has 0 spiro atoms. The molecule has 1 atom stereocenters. The Morgan fingerprint density at radius 1 is 1.11 bits per heavy atom. The predicted octanol–water partition coefficient (Wildman–Crippen LogP) is 4.06. The highest BCUT2D eigenvalue weighted by atomic mass is 35.5. The highest BCUT2D eigenvalue weighted by Crippen LogP contribution is 2.46. The molecule has 3 rings (SSSR count). The lowest BCUT2D eigenvalue weighted by atomic mass is 10.3. The Kier molecular flexibility index (Phi) is 4.47. The van der Waals surface area contributed by atoms with E-state index in [2.05, 4.69) is 5.32 Å². The molecular weight excluding hydrogens is 395 g/mol. The molecule has 0 fully saturated rings. The molecule has 1 aliphatic rings. The van der Waals surface area contributed by atoms with Crippen LogP contribution in [-0.4, -0.2) is 23.0 Å². The summed E-state index contributed by atoms with van der Waals surface area (Å²) in [4.78, 5) is 21.9. The molecule has 8 nitrogen and oxygen atoms in total. The number of amides is 2. The number of non-ortho nitro benzene ring substituents is 1. The number of urea groups is 1. The van der Waals surface area contributed by atoms with Crippen LogP contribution in [0.1, 0.15) is 0 Å². The van der Waals surface area contributed by atoms with Crippen molar-refractivity contribution in [2.75, 3.05) is 5.32 Å². The molecule has 2 aromatic rings. The monoisotopic (exact) mass is 403 g/mol. The second-order valence-electron chi connectivity index (χ2n) is 5.29. The molecule has 0 aliphatic carbocycles. The fourth-order valence-corrected chi connectivity index (χ4v) is 2.35. The van der Waals surface area contributed by atoms with Crippen LogP contribution in [-0.2, 0) is 0 Å². The first-order valence-electron chi connectivity index (χ1n) is 7.17. The van der Waals surface area contributed by atoms with E-state index in [4.69, 9.17) is 21.1 Å². The van der Waals surface area contributed by atoms with Crippen molar-refractivity contribution >= 4 is 29.0 Å². The average molecular weight is 404 g/mol. The van der Waals surface area contributed by atoms with Crippen molar-refractivity contribution in [2.24, 2.45) is 0 Å². The number of hydrogen-bond donors (Lipinski definition) is 2. The van der Waals surface area contributed by atoms with Crippen LogP contribution in [0.2, 0.25) is 5.02 Å². The number of nitrogens with one attached hydrogen (secondary N) is 2. The first-order valence-corrected chi connectivity index (χ1v) is 7.55. The molecule has 1 heterocycles. The van der Waals surface area contributed by atoms with Crippen LogP contribution < -0.4 is 20.1 Å². The van der Waals surface area contributed by atoms with Gasteiger partial charge in [-0.05, 0) is 24.3 Å². The lowest BCUT2D eigenvalue weighted by Gasteiger charge is -2.29. The first-order chi connectivity index (χ1) is 12.6. The van der Waals surface area contributed by atoms with Gasteiger partial charge >= 0.3 is 18.1 Å². The molecule has 27 heavy (non-hydrogen) atoms. The molecule has 0 saturated carbocycles. The van der Waals surface area contributed by atoms with E-state index < -0.39 is 23.0 Å². The summed E-state index contributed by atoms with van der Waals surface area (Å²) in [6.45, 7) is 0. The summed E-state index contributed by atoms with van der Waals surface area (Å²) in [6, 6.07) is 6.74. The largest absolute Gasteiger partial charge is 0.492 e. The van der Waals surface area contributed by atoms with Crippen molar-refractivity contribution in [3.63, 3.8) is 0 Å². The summed E-state index contributed by atoms with van der Waals surface area (Å²) >= 11 is 5.71. The molecule has 0 saturated heterocycles. The van der Waals surface area contributed by atoms with Crippen molar-refractivity contribution in [1.82, 2.24) is 5.32 Å². The normalized spacial score (nSPS) is 18.1. The summed E-state index contributed by atoms with van der Waals surface area (Å²) < 4.78 is 50.2. The van der Waals surface area contributed by atoms with Crippen molar-refractivity contribution in [2.45, 2.75) is 12.1 Å². The Labute approximate surface area is 154 Å². The highest BCUT2D eigenvalue weighted by Gasteiger charge is 2.65. The maximum Gasteiger partial charge on any atom is 0.492 e. The number of alkyl halides is 3. The van der Waals surface area contributed by atoms with Crippen LogP contribution in [0.5, 0.6) is 11.5 Å². The number of fused-ring (bicyclic) bond motifs is 1. The molecular formula is C15H9ClF3N3O5. The maximum absolute atomic E-state index is 13.5. The third-order valence-electron chi connectivity index (χ3n) is 3.40. The quantitative estimate of drug-likeness (QED) is 0.594. The van der Waals surface area contributed by atoms with Gasteiger partial charge in [0.2, 0.25) is 0 Å². The van der Waals surface area contributed by atoms with Gasteiger partial charge in [0.25, 0.3) is 5.69 Å². The number of rotatable bonds is 3. The number of halogens is 4. The molecule has 0 aromatic heterocycles. The molecule has 142 valence electrons. The van der Waals surface area contributed by atoms with Gasteiger partial charge in [0.05, 0.1) is 4.92 Å². The van der Waals surface area contributed by atoms with E-state index in [9.17, 15) is 28.1 Å². The van der Waals surface area contributed by atoms with E-state index in [1.165, 1.54) is 12.1 Å². The molecule has 0 radical (unpaired) electrons. The summed E-state index contributed by atoms with van der Waals surface area (Å²) in [7, 11) is 0. The molecule has 2 N–H and O–H groups in total. The number of hydrogen-bond acceptors (Lipinski definition) is 5. The van der Waals surface area contributed by atoms with Crippen LogP contribution in [0.4, 0.5) is 29.3 Å². The first kappa shape index (κ1) is 18.6. The lowest BCUT2D eigenvalue weighted by molar-refractivity contribution is -0.384. The number of carbonyl (C=O) groups is 1. The van der Waals surface area contributed by atoms with Crippen molar-refractivity contribution < 1.29 is 32.4 Å². The van der Waals surface area contributed by atoms with Gasteiger partial charge in [-0.2, -0.15) is 13.2 Å². The number of ether oxygens (including phenoxy) is 2. The van der Waals surface area contributed by atoms with Crippen LogP contribution in [0, 0.1) is 10.1 Å². The van der Waals surface area contributed by atoms with Gasteiger partial charge in [-0.3, -0.25) is 15.4 Å². The van der Waals surface area contributed by atoms with Crippen LogP contribution in [0.3, 0.4) is 0 Å². The molecule has 0 unspecified atom stereocenters. The predicted molar refractivity (Wildman–Crippen MR) is 86.7 cm³/mol. The maximum atomic E-state index is 13.5. The minimum Gasteiger partial charge on any atom is -0.424 e. The Bertz CT molecular complexity index is 907. The lowest BCUT2D eigenvalue weighted by Crippen LogP contribution is -2.65. The Balaban J connectivity index is 1.78. The fraction of sp³-hybridized carbons (Fsp3) is 0.133. The zero-order valence-electron chi connectivity index (χ0n) is 13.0. The Hall–Kier alpha value is -3.21. The number of benzene rings is 2. The summed E-state index contributed by atoms with van der Waals surface area (Å²) in [6.07, 6.45) is -5.13. The van der Waals surface area contributed by atoms with E-state index >= 15 is 0 Å². The van der Waals surface area contributed by atoms with E-state index in [1.54, 1.807) is 5.32 Å². The van der Waals surface area contributed by atoms with Crippen LogP contribution >= 0.6 is 11.6 Å². The van der Waals surface area contributed by atoms with E-state index in [0.29, 0.717) is 0 Å². The number of nitro benzene ring substituents is 1. The molecule has 2 amide bonds. The zero-order valence-corrected chi connectivity index (χ0v) is 13.8. The van der Waals surface area contributed by atoms with E-state index in [-0.39, 0.29) is 27.9 Å². The van der Waals surface area contributed by atoms with Gasteiger partial charge in [-0.15, -0.1) is 0 Å². The summed E-state index contributed by atoms with van der Waals surface area (Å²) in [5.74, 6) is -4.01. The standard InChI is InChI=1S/C15H9ClF3N3O5/c16-8-1-6-11-12(7-8)27-15(26-11,14(17,18)19)21-13(23)20-9-2-4-10(5-3-9)22(24)25/h1-7H,(H2,20,21,23)/t15-/m1/s1. The van der Waals surface area contributed by atoms with Crippen LogP contribution in [0.25, 0.3) is 0 Å². The smallest absolute Gasteiger partial charge is 0.424 e. The number of nitro groups is 1. The van der Waals surface area contributed by atoms with Crippen molar-refractivity contribution in [3.05, 3.63) is 57.6 Å². The molecule has 1 aliphatic heterocycles. The molecule has 2 aromatic carbocycles. The van der Waals surface area contributed by atoms with E-state index in [0.717, 1.165) is 30.3 Å². The summed E-state index contributed by atoms with van der Waals surface area (Å²) in [5.41, 5.74) is -0.225. The van der Waals surface area contributed by atoms with Crippen LogP contribution in [0.15, 0.2) is 42.5 Å². The van der Waals surface area contributed by atoms with E-state index in [1.807, 2.05) is 0 Å². The Morgan fingerprint density at radius 3 is 2.33 bits per heavy atom. The van der Waals surface area contributed by atoms with Gasteiger partial charge in [0.15, 0.2) is 11.5 Å². The highest BCUT2D eigenvalue weighted by molar-refractivity contribution is 6.30. The van der Waals surface area contributed by atoms with Gasteiger partial charge < -0.3 is 14.8 Å².